The van der Waals surface area contributed by atoms with Crippen molar-refractivity contribution in [1.29, 1.82) is 0 Å². The highest BCUT2D eigenvalue weighted by Crippen LogP contribution is 2.20. The summed E-state index contributed by atoms with van der Waals surface area (Å²) in [4.78, 5) is 10.4. The predicted octanol–water partition coefficient (Wildman–Crippen LogP) is 1.73. The van der Waals surface area contributed by atoms with Crippen molar-refractivity contribution in [3.05, 3.63) is 33.9 Å². The number of rotatable bonds is 4. The van der Waals surface area contributed by atoms with E-state index in [1.54, 1.807) is 6.07 Å². The van der Waals surface area contributed by atoms with E-state index in [9.17, 15) is 10.1 Å². The summed E-state index contributed by atoms with van der Waals surface area (Å²) in [6, 6.07) is 4.94. The predicted molar refractivity (Wildman–Crippen MR) is 66.9 cm³/mol. The lowest BCUT2D eigenvalue weighted by Crippen LogP contribution is -2.34. The van der Waals surface area contributed by atoms with Crippen molar-refractivity contribution in [1.82, 2.24) is 0 Å². The highest BCUT2D eigenvalue weighted by Gasteiger charge is 2.14. The van der Waals surface area contributed by atoms with Crippen LogP contribution >= 0.6 is 0 Å². The fraction of sp³-hybridized carbons (Fsp3) is 0.500. The minimum atomic E-state index is -0.390. The van der Waals surface area contributed by atoms with Crippen LogP contribution in [-0.2, 0) is 9.47 Å². The van der Waals surface area contributed by atoms with Crippen LogP contribution in [0.15, 0.2) is 18.2 Å². The minimum absolute atomic E-state index is 0.00156. The number of anilines is 1. The van der Waals surface area contributed by atoms with E-state index in [1.165, 1.54) is 6.07 Å². The molecule has 1 N–H and O–H groups in total. The molecule has 1 aromatic carbocycles. The molecule has 0 bridgehead atoms. The lowest BCUT2D eigenvalue weighted by atomic mass is 10.2. The van der Waals surface area contributed by atoms with Crippen LogP contribution in [0, 0.1) is 17.0 Å². The van der Waals surface area contributed by atoms with E-state index in [-0.39, 0.29) is 11.8 Å². The third kappa shape index (κ3) is 3.41. The van der Waals surface area contributed by atoms with Crippen molar-refractivity contribution < 1.29 is 14.4 Å². The molecule has 1 aliphatic heterocycles. The maximum Gasteiger partial charge on any atom is 0.271 e. The monoisotopic (exact) mass is 252 g/mol. The lowest BCUT2D eigenvalue weighted by molar-refractivity contribution is -0.384. The normalized spacial score (nSPS) is 19.5. The number of nitro groups is 1. The molecule has 2 rings (SSSR count). The van der Waals surface area contributed by atoms with E-state index in [2.05, 4.69) is 5.32 Å². The van der Waals surface area contributed by atoms with Gasteiger partial charge in [0.1, 0.15) is 0 Å². The number of non-ortho nitro benzene ring substituents is 1. The zero-order chi connectivity index (χ0) is 13.0. The minimum Gasteiger partial charge on any atom is -0.382 e. The van der Waals surface area contributed by atoms with Crippen molar-refractivity contribution in [3.8, 4) is 0 Å². The van der Waals surface area contributed by atoms with Gasteiger partial charge in [0, 0.05) is 24.4 Å². The summed E-state index contributed by atoms with van der Waals surface area (Å²) in [6.07, 6.45) is -0.00156. The SMILES string of the molecule is Cc1cc(NCC2COCCO2)cc([N+](=O)[O-])c1. The Kier molecular flexibility index (Phi) is 4.11. The second kappa shape index (κ2) is 5.79. The molecule has 1 heterocycles. The van der Waals surface area contributed by atoms with Gasteiger partial charge in [-0.05, 0) is 18.6 Å². The van der Waals surface area contributed by atoms with Gasteiger partial charge in [-0.3, -0.25) is 10.1 Å². The smallest absolute Gasteiger partial charge is 0.271 e. The first-order valence-electron chi connectivity index (χ1n) is 5.84. The van der Waals surface area contributed by atoms with Crippen LogP contribution < -0.4 is 5.32 Å². The van der Waals surface area contributed by atoms with Crippen LogP contribution in [0.5, 0.6) is 0 Å². The summed E-state index contributed by atoms with van der Waals surface area (Å²) in [7, 11) is 0. The van der Waals surface area contributed by atoms with Crippen molar-refractivity contribution in [2.24, 2.45) is 0 Å². The Morgan fingerprint density at radius 1 is 1.44 bits per heavy atom. The van der Waals surface area contributed by atoms with Gasteiger partial charge in [-0.1, -0.05) is 0 Å². The van der Waals surface area contributed by atoms with Gasteiger partial charge in [-0.25, -0.2) is 0 Å². The zero-order valence-corrected chi connectivity index (χ0v) is 10.2. The van der Waals surface area contributed by atoms with Crippen LogP contribution in [0.2, 0.25) is 0 Å². The first kappa shape index (κ1) is 12.8. The Balaban J connectivity index is 1.97. The van der Waals surface area contributed by atoms with Gasteiger partial charge in [0.2, 0.25) is 0 Å². The fourth-order valence-corrected chi connectivity index (χ4v) is 1.86. The number of ether oxygens (including phenoxy) is 2. The van der Waals surface area contributed by atoms with E-state index in [1.807, 2.05) is 13.0 Å². The maximum atomic E-state index is 10.7. The van der Waals surface area contributed by atoms with E-state index < -0.39 is 4.92 Å². The largest absolute Gasteiger partial charge is 0.382 e. The second-order valence-electron chi connectivity index (χ2n) is 4.26. The molecule has 0 radical (unpaired) electrons. The van der Waals surface area contributed by atoms with Crippen LogP contribution in [0.1, 0.15) is 5.56 Å². The Hall–Kier alpha value is -1.66. The molecule has 0 aromatic heterocycles. The number of nitro benzene ring substituents is 1. The molecule has 98 valence electrons. The second-order valence-corrected chi connectivity index (χ2v) is 4.26. The van der Waals surface area contributed by atoms with Gasteiger partial charge >= 0.3 is 0 Å². The van der Waals surface area contributed by atoms with Crippen LogP contribution in [0.3, 0.4) is 0 Å². The van der Waals surface area contributed by atoms with Crippen molar-refractivity contribution in [3.63, 3.8) is 0 Å². The molecule has 1 fully saturated rings. The maximum absolute atomic E-state index is 10.7. The third-order valence-corrected chi connectivity index (χ3v) is 2.69. The molecule has 0 saturated carbocycles. The topological polar surface area (TPSA) is 73.6 Å². The zero-order valence-electron chi connectivity index (χ0n) is 10.2. The number of aryl methyl sites for hydroxylation is 1. The molecule has 0 spiro atoms. The van der Waals surface area contributed by atoms with Gasteiger partial charge in [0.25, 0.3) is 5.69 Å². The van der Waals surface area contributed by atoms with E-state index in [0.717, 1.165) is 11.3 Å². The van der Waals surface area contributed by atoms with E-state index in [4.69, 9.17) is 9.47 Å². The standard InChI is InChI=1S/C12H16N2O4/c1-9-4-10(6-11(5-9)14(15)16)13-7-12-8-17-2-3-18-12/h4-6,12-13H,2-3,7-8H2,1H3. The highest BCUT2D eigenvalue weighted by atomic mass is 16.6. The molecule has 1 aromatic rings. The third-order valence-electron chi connectivity index (χ3n) is 2.69. The fourth-order valence-electron chi connectivity index (χ4n) is 1.86. The van der Waals surface area contributed by atoms with Crippen LogP contribution in [-0.4, -0.2) is 37.4 Å². The number of nitrogens with one attached hydrogen (secondary N) is 1. The molecular weight excluding hydrogens is 236 g/mol. The number of benzene rings is 1. The first-order valence-corrected chi connectivity index (χ1v) is 5.84. The molecule has 0 amide bonds. The quantitative estimate of drug-likeness (QED) is 0.652. The van der Waals surface area contributed by atoms with Gasteiger partial charge in [-0.15, -0.1) is 0 Å². The van der Waals surface area contributed by atoms with Gasteiger partial charge in [0.15, 0.2) is 0 Å². The summed E-state index contributed by atoms with van der Waals surface area (Å²) < 4.78 is 10.8. The molecule has 0 aliphatic carbocycles. The summed E-state index contributed by atoms with van der Waals surface area (Å²) in [5.41, 5.74) is 1.68. The average molecular weight is 252 g/mol. The summed E-state index contributed by atoms with van der Waals surface area (Å²) in [5.74, 6) is 0. The lowest BCUT2D eigenvalue weighted by Gasteiger charge is -2.23. The molecule has 18 heavy (non-hydrogen) atoms. The van der Waals surface area contributed by atoms with Crippen molar-refractivity contribution in [2.45, 2.75) is 13.0 Å². The Bertz CT molecular complexity index is 430. The summed E-state index contributed by atoms with van der Waals surface area (Å²) >= 11 is 0. The molecule has 1 aliphatic rings. The summed E-state index contributed by atoms with van der Waals surface area (Å²) in [5, 5.41) is 13.9. The Labute approximate surface area is 105 Å². The van der Waals surface area contributed by atoms with E-state index in [0.29, 0.717) is 26.4 Å². The molecular formula is C12H16N2O4. The van der Waals surface area contributed by atoms with Crippen molar-refractivity contribution in [2.75, 3.05) is 31.7 Å². The van der Waals surface area contributed by atoms with Crippen molar-refractivity contribution >= 4 is 11.4 Å². The van der Waals surface area contributed by atoms with Gasteiger partial charge in [0.05, 0.1) is 30.8 Å². The Morgan fingerprint density at radius 3 is 2.94 bits per heavy atom. The number of nitrogens with zero attached hydrogens (tertiary/aromatic N) is 1. The molecule has 1 unspecified atom stereocenters. The summed E-state index contributed by atoms with van der Waals surface area (Å²) in [6.45, 7) is 4.20. The van der Waals surface area contributed by atoms with Gasteiger partial charge < -0.3 is 14.8 Å². The first-order chi connectivity index (χ1) is 8.65. The number of hydrogen-bond donors (Lipinski definition) is 1. The van der Waals surface area contributed by atoms with Gasteiger partial charge in [-0.2, -0.15) is 0 Å². The van der Waals surface area contributed by atoms with Crippen LogP contribution in [0.25, 0.3) is 0 Å². The highest BCUT2D eigenvalue weighted by molar-refractivity contribution is 5.53. The molecule has 1 atom stereocenters. The number of hydrogen-bond acceptors (Lipinski definition) is 5. The molecule has 1 saturated heterocycles. The Morgan fingerprint density at radius 2 is 2.28 bits per heavy atom. The molecule has 6 heteroatoms. The average Bonchev–Trinajstić information content (AvgIpc) is 2.37. The molecule has 6 nitrogen and oxygen atoms in total. The van der Waals surface area contributed by atoms with E-state index >= 15 is 0 Å². The van der Waals surface area contributed by atoms with Crippen LogP contribution in [0.4, 0.5) is 11.4 Å².